The van der Waals surface area contributed by atoms with E-state index in [4.69, 9.17) is 5.11 Å². The van der Waals surface area contributed by atoms with Crippen molar-refractivity contribution < 1.29 is 9.90 Å². The second-order valence-electron chi connectivity index (χ2n) is 1.31. The van der Waals surface area contributed by atoms with Crippen molar-refractivity contribution in [2.45, 2.75) is 6.92 Å². The molecular formula is C5H8O2. The minimum atomic E-state index is -0.0290. The van der Waals surface area contributed by atoms with Gasteiger partial charge in [0.1, 0.15) is 6.29 Å². The summed E-state index contributed by atoms with van der Waals surface area (Å²) in [6, 6.07) is 0. The highest BCUT2D eigenvalue weighted by molar-refractivity contribution is 5.65. The van der Waals surface area contributed by atoms with Gasteiger partial charge in [0.25, 0.3) is 0 Å². The van der Waals surface area contributed by atoms with Crippen LogP contribution in [0.2, 0.25) is 0 Å². The van der Waals surface area contributed by atoms with Gasteiger partial charge in [0.15, 0.2) is 0 Å². The Labute approximate surface area is 42.5 Å². The van der Waals surface area contributed by atoms with Crippen molar-refractivity contribution in [3.8, 4) is 0 Å². The third kappa shape index (κ3) is 3.19. The number of aliphatic hydroxyl groups is 1. The molecule has 0 saturated carbocycles. The minimum Gasteiger partial charge on any atom is -0.392 e. The molecule has 0 aliphatic heterocycles. The lowest BCUT2D eigenvalue weighted by molar-refractivity contribution is -0.104. The van der Waals surface area contributed by atoms with Crippen LogP contribution in [0.15, 0.2) is 11.6 Å². The van der Waals surface area contributed by atoms with Gasteiger partial charge in [-0.3, -0.25) is 4.79 Å². The molecule has 2 nitrogen and oxygen atoms in total. The first-order valence-electron chi connectivity index (χ1n) is 2.03. The zero-order valence-corrected chi connectivity index (χ0v) is 4.22. The van der Waals surface area contributed by atoms with Crippen LogP contribution in [0.3, 0.4) is 0 Å². The van der Waals surface area contributed by atoms with Gasteiger partial charge in [-0.2, -0.15) is 0 Å². The van der Waals surface area contributed by atoms with Crippen LogP contribution in [0, 0.1) is 0 Å². The lowest BCUT2D eigenvalue weighted by Crippen LogP contribution is -1.82. The predicted molar refractivity (Wildman–Crippen MR) is 26.9 cm³/mol. The van der Waals surface area contributed by atoms with E-state index < -0.39 is 0 Å². The fourth-order valence-electron chi connectivity index (χ4n) is 0.169. The Balaban J connectivity index is 3.49. The smallest absolute Gasteiger partial charge is 0.142 e. The van der Waals surface area contributed by atoms with Crippen LogP contribution in [0.4, 0.5) is 0 Å². The maximum Gasteiger partial charge on any atom is 0.142 e. The molecule has 0 spiro atoms. The number of carbonyl (C=O) groups excluding carboxylic acids is 1. The van der Waals surface area contributed by atoms with Gasteiger partial charge in [-0.1, -0.05) is 0 Å². The molecule has 0 rings (SSSR count). The Morgan fingerprint density at radius 2 is 2.43 bits per heavy atom. The molecule has 1 N–H and O–H groups in total. The lowest BCUT2D eigenvalue weighted by atomic mass is 10.3. The van der Waals surface area contributed by atoms with E-state index in [-0.39, 0.29) is 6.61 Å². The van der Waals surface area contributed by atoms with Crippen LogP contribution in [-0.4, -0.2) is 18.0 Å². The van der Waals surface area contributed by atoms with Gasteiger partial charge in [0, 0.05) is 0 Å². The summed E-state index contributed by atoms with van der Waals surface area (Å²) < 4.78 is 0. The molecule has 0 radical (unpaired) electrons. The SMILES string of the molecule is C/C(=C\C=O)CO. The van der Waals surface area contributed by atoms with Gasteiger partial charge in [-0.05, 0) is 18.6 Å². The van der Waals surface area contributed by atoms with Crippen molar-refractivity contribution in [3.63, 3.8) is 0 Å². The first-order valence-corrected chi connectivity index (χ1v) is 2.03. The number of rotatable bonds is 2. The molecule has 0 amide bonds. The molecule has 0 fully saturated rings. The largest absolute Gasteiger partial charge is 0.392 e. The van der Waals surface area contributed by atoms with Crippen LogP contribution in [0.25, 0.3) is 0 Å². The van der Waals surface area contributed by atoms with E-state index in [0.29, 0.717) is 11.9 Å². The van der Waals surface area contributed by atoms with Gasteiger partial charge in [0.2, 0.25) is 0 Å². The van der Waals surface area contributed by atoms with E-state index in [1.165, 1.54) is 6.08 Å². The van der Waals surface area contributed by atoms with E-state index in [1.54, 1.807) is 6.92 Å². The molecule has 40 valence electrons. The Bertz CT molecular complexity index is 84.1. The zero-order valence-electron chi connectivity index (χ0n) is 4.22. The summed E-state index contributed by atoms with van der Waals surface area (Å²) in [7, 11) is 0. The molecule has 0 aromatic carbocycles. The molecule has 0 atom stereocenters. The predicted octanol–water partition coefficient (Wildman–Crippen LogP) is 0.124. The fraction of sp³-hybridized carbons (Fsp3) is 0.400. The molecule has 0 aromatic heterocycles. The Morgan fingerprint density at radius 3 is 2.57 bits per heavy atom. The molecule has 0 aromatic rings. The van der Waals surface area contributed by atoms with Crippen LogP contribution >= 0.6 is 0 Å². The monoisotopic (exact) mass is 100 g/mol. The third-order valence-corrected chi connectivity index (χ3v) is 0.602. The van der Waals surface area contributed by atoms with E-state index in [1.807, 2.05) is 0 Å². The van der Waals surface area contributed by atoms with E-state index >= 15 is 0 Å². The fourth-order valence-corrected chi connectivity index (χ4v) is 0.169. The van der Waals surface area contributed by atoms with Crippen LogP contribution in [0.1, 0.15) is 6.92 Å². The van der Waals surface area contributed by atoms with Crippen molar-refractivity contribution in [1.82, 2.24) is 0 Å². The molecule has 0 unspecified atom stereocenters. The molecule has 0 bridgehead atoms. The maximum absolute atomic E-state index is 9.59. The topological polar surface area (TPSA) is 37.3 Å². The van der Waals surface area contributed by atoms with E-state index in [2.05, 4.69) is 0 Å². The number of allylic oxidation sites excluding steroid dienone is 1. The van der Waals surface area contributed by atoms with Crippen LogP contribution < -0.4 is 0 Å². The highest BCUT2D eigenvalue weighted by atomic mass is 16.3. The Morgan fingerprint density at radius 1 is 1.86 bits per heavy atom. The van der Waals surface area contributed by atoms with Crippen molar-refractivity contribution in [1.29, 1.82) is 0 Å². The molecule has 0 saturated heterocycles. The molecule has 0 heterocycles. The summed E-state index contributed by atoms with van der Waals surface area (Å²) in [6.45, 7) is 1.66. The normalized spacial score (nSPS) is 11.4. The molecule has 0 aliphatic rings. The number of hydrogen-bond donors (Lipinski definition) is 1. The number of hydrogen-bond acceptors (Lipinski definition) is 2. The van der Waals surface area contributed by atoms with Crippen LogP contribution in [-0.2, 0) is 4.79 Å². The third-order valence-electron chi connectivity index (χ3n) is 0.602. The summed E-state index contributed by atoms with van der Waals surface area (Å²) >= 11 is 0. The standard InChI is InChI=1S/C5H8O2/c1-5(4-7)2-3-6/h2-3,7H,4H2,1H3/b5-2+. The van der Waals surface area contributed by atoms with Gasteiger partial charge in [0.05, 0.1) is 6.61 Å². The molecular weight excluding hydrogens is 92.1 g/mol. The summed E-state index contributed by atoms with van der Waals surface area (Å²) in [5, 5.41) is 8.24. The van der Waals surface area contributed by atoms with Crippen molar-refractivity contribution in [3.05, 3.63) is 11.6 Å². The Kier molecular flexibility index (Phi) is 3.24. The molecule has 0 aliphatic carbocycles. The van der Waals surface area contributed by atoms with Gasteiger partial charge in [-0.15, -0.1) is 0 Å². The second-order valence-corrected chi connectivity index (χ2v) is 1.31. The highest BCUT2D eigenvalue weighted by Crippen LogP contribution is 1.83. The number of aldehydes is 1. The molecule has 7 heavy (non-hydrogen) atoms. The second kappa shape index (κ2) is 3.56. The summed E-state index contributed by atoms with van der Waals surface area (Å²) in [5.41, 5.74) is 0.690. The van der Waals surface area contributed by atoms with E-state index in [0.717, 1.165) is 0 Å². The average molecular weight is 100 g/mol. The number of carbonyl (C=O) groups is 1. The first-order chi connectivity index (χ1) is 3.31. The quantitative estimate of drug-likeness (QED) is 0.395. The Hall–Kier alpha value is -0.630. The minimum absolute atomic E-state index is 0.0290. The van der Waals surface area contributed by atoms with Crippen molar-refractivity contribution in [2.24, 2.45) is 0 Å². The van der Waals surface area contributed by atoms with E-state index in [9.17, 15) is 4.79 Å². The number of aliphatic hydroxyl groups excluding tert-OH is 1. The summed E-state index contributed by atoms with van der Waals surface area (Å²) in [4.78, 5) is 9.59. The van der Waals surface area contributed by atoms with Crippen LogP contribution in [0.5, 0.6) is 0 Å². The lowest BCUT2D eigenvalue weighted by Gasteiger charge is -1.84. The summed E-state index contributed by atoms with van der Waals surface area (Å²) in [5.74, 6) is 0. The van der Waals surface area contributed by atoms with Gasteiger partial charge in [-0.25, -0.2) is 0 Å². The van der Waals surface area contributed by atoms with Gasteiger partial charge < -0.3 is 5.11 Å². The van der Waals surface area contributed by atoms with Crippen molar-refractivity contribution in [2.75, 3.05) is 6.61 Å². The van der Waals surface area contributed by atoms with Gasteiger partial charge >= 0.3 is 0 Å². The highest BCUT2D eigenvalue weighted by Gasteiger charge is 1.78. The van der Waals surface area contributed by atoms with Crippen molar-refractivity contribution >= 4 is 6.29 Å². The first kappa shape index (κ1) is 6.37. The maximum atomic E-state index is 9.59. The average Bonchev–Trinajstić information content (AvgIpc) is 1.68. The zero-order chi connectivity index (χ0) is 5.70. The summed E-state index contributed by atoms with van der Waals surface area (Å²) in [6.07, 6.45) is 1.99. The molecule has 2 heteroatoms.